The lowest BCUT2D eigenvalue weighted by Crippen LogP contribution is -2.09. The summed E-state index contributed by atoms with van der Waals surface area (Å²) >= 11 is 5.96. The van der Waals surface area contributed by atoms with Crippen LogP contribution in [-0.4, -0.2) is 15.2 Å². The summed E-state index contributed by atoms with van der Waals surface area (Å²) < 4.78 is 40.0. The van der Waals surface area contributed by atoms with Crippen LogP contribution in [0.3, 0.4) is 0 Å². The van der Waals surface area contributed by atoms with Crippen molar-refractivity contribution in [1.29, 1.82) is 0 Å². The van der Waals surface area contributed by atoms with Gasteiger partial charge in [-0.3, -0.25) is 5.10 Å². The van der Waals surface area contributed by atoms with E-state index < -0.39 is 11.7 Å². The van der Waals surface area contributed by atoms with E-state index in [1.54, 1.807) is 19.1 Å². The Morgan fingerprint density at radius 1 is 1.24 bits per heavy atom. The predicted octanol–water partition coefficient (Wildman–Crippen LogP) is 4.61. The minimum atomic E-state index is -4.53. The molecule has 0 fully saturated rings. The Bertz CT molecular complexity index is 824. The van der Waals surface area contributed by atoms with Crippen LogP contribution in [0.5, 0.6) is 0 Å². The van der Waals surface area contributed by atoms with Crippen LogP contribution >= 0.6 is 11.6 Å². The fourth-order valence-corrected chi connectivity index (χ4v) is 2.40. The van der Waals surface area contributed by atoms with Gasteiger partial charge in [0.15, 0.2) is 0 Å². The highest BCUT2D eigenvalue weighted by molar-refractivity contribution is 6.35. The number of benzene rings is 1. The average molecular weight is 312 g/mol. The largest absolute Gasteiger partial charge is 0.418 e. The number of H-pyrrole nitrogens is 1. The maximum absolute atomic E-state index is 13.3. The standard InChI is InChI=1S/C14H9ClF3N3/c1-7-9(6-19-21-7)13-10(14(16,17)18)5-8-11(15)3-2-4-12(8)20-13/h2-6H,1H3,(H,19,21). The molecule has 2 aromatic heterocycles. The molecule has 0 atom stereocenters. The van der Waals surface area contributed by atoms with Crippen molar-refractivity contribution in [3.63, 3.8) is 0 Å². The molecule has 0 bridgehead atoms. The Morgan fingerprint density at radius 3 is 2.62 bits per heavy atom. The van der Waals surface area contributed by atoms with Gasteiger partial charge in [-0.2, -0.15) is 18.3 Å². The Hall–Kier alpha value is -2.08. The van der Waals surface area contributed by atoms with Crippen LogP contribution in [0.25, 0.3) is 22.2 Å². The van der Waals surface area contributed by atoms with Gasteiger partial charge in [0.05, 0.1) is 22.5 Å². The van der Waals surface area contributed by atoms with Gasteiger partial charge in [-0.15, -0.1) is 0 Å². The normalized spacial score (nSPS) is 12.0. The van der Waals surface area contributed by atoms with Gasteiger partial charge in [0.25, 0.3) is 0 Å². The summed E-state index contributed by atoms with van der Waals surface area (Å²) in [6, 6.07) is 5.85. The molecule has 1 aromatic carbocycles. The zero-order valence-electron chi connectivity index (χ0n) is 10.8. The molecule has 2 heterocycles. The smallest absolute Gasteiger partial charge is 0.285 e. The second-order valence-corrected chi connectivity index (χ2v) is 4.98. The monoisotopic (exact) mass is 311 g/mol. The molecular formula is C14H9ClF3N3. The second-order valence-electron chi connectivity index (χ2n) is 4.57. The molecule has 0 radical (unpaired) electrons. The van der Waals surface area contributed by atoms with Gasteiger partial charge in [-0.1, -0.05) is 17.7 Å². The average Bonchev–Trinajstić information content (AvgIpc) is 2.83. The number of pyridine rings is 1. The Balaban J connectivity index is 2.40. The quantitative estimate of drug-likeness (QED) is 0.713. The number of fused-ring (bicyclic) bond motifs is 1. The summed E-state index contributed by atoms with van der Waals surface area (Å²) in [6.07, 6.45) is -3.12. The zero-order chi connectivity index (χ0) is 15.2. The van der Waals surface area contributed by atoms with Crippen molar-refractivity contribution in [2.75, 3.05) is 0 Å². The lowest BCUT2D eigenvalue weighted by atomic mass is 10.0. The van der Waals surface area contributed by atoms with Crippen LogP contribution < -0.4 is 0 Å². The van der Waals surface area contributed by atoms with Gasteiger partial charge in [-0.25, -0.2) is 4.98 Å². The van der Waals surface area contributed by atoms with Crippen LogP contribution in [0.2, 0.25) is 5.02 Å². The Kier molecular flexibility index (Phi) is 3.13. The fourth-order valence-electron chi connectivity index (χ4n) is 2.18. The van der Waals surface area contributed by atoms with Crippen molar-refractivity contribution in [1.82, 2.24) is 15.2 Å². The highest BCUT2D eigenvalue weighted by Gasteiger charge is 2.35. The first kappa shape index (κ1) is 13.9. The topological polar surface area (TPSA) is 41.6 Å². The van der Waals surface area contributed by atoms with Crippen molar-refractivity contribution in [2.45, 2.75) is 13.1 Å². The number of alkyl halides is 3. The molecular weight excluding hydrogens is 303 g/mol. The Morgan fingerprint density at radius 2 is 2.00 bits per heavy atom. The number of rotatable bonds is 1. The molecule has 0 unspecified atom stereocenters. The fraction of sp³-hybridized carbons (Fsp3) is 0.143. The number of hydrogen-bond donors (Lipinski definition) is 1. The van der Waals surface area contributed by atoms with Gasteiger partial charge in [0.1, 0.15) is 0 Å². The van der Waals surface area contributed by atoms with E-state index in [-0.39, 0.29) is 16.1 Å². The Labute approximate surface area is 122 Å². The molecule has 0 aliphatic carbocycles. The first-order valence-electron chi connectivity index (χ1n) is 6.05. The summed E-state index contributed by atoms with van der Waals surface area (Å²) in [7, 11) is 0. The second kappa shape index (κ2) is 4.73. The molecule has 0 amide bonds. The van der Waals surface area contributed by atoms with Gasteiger partial charge < -0.3 is 0 Å². The molecule has 0 spiro atoms. The van der Waals surface area contributed by atoms with E-state index in [1.807, 2.05) is 0 Å². The van der Waals surface area contributed by atoms with Crippen molar-refractivity contribution < 1.29 is 13.2 Å². The number of nitrogens with one attached hydrogen (secondary N) is 1. The molecule has 3 aromatic rings. The third-order valence-electron chi connectivity index (χ3n) is 3.20. The molecule has 1 N–H and O–H groups in total. The summed E-state index contributed by atoms with van der Waals surface area (Å²) in [6.45, 7) is 1.62. The predicted molar refractivity (Wildman–Crippen MR) is 74.1 cm³/mol. The molecule has 0 saturated carbocycles. The number of nitrogens with zero attached hydrogens (tertiary/aromatic N) is 2. The third kappa shape index (κ3) is 2.35. The van der Waals surface area contributed by atoms with Crippen molar-refractivity contribution >= 4 is 22.5 Å². The number of aromatic amines is 1. The van der Waals surface area contributed by atoms with E-state index in [9.17, 15) is 13.2 Å². The van der Waals surface area contributed by atoms with E-state index in [4.69, 9.17) is 11.6 Å². The molecule has 0 aliphatic rings. The van der Waals surface area contributed by atoms with Crippen LogP contribution in [0, 0.1) is 6.92 Å². The van der Waals surface area contributed by atoms with E-state index in [0.29, 0.717) is 16.8 Å². The van der Waals surface area contributed by atoms with Crippen LogP contribution in [0.1, 0.15) is 11.3 Å². The third-order valence-corrected chi connectivity index (χ3v) is 3.53. The summed E-state index contributed by atoms with van der Waals surface area (Å²) in [5.41, 5.74) is 0.209. The minimum absolute atomic E-state index is 0.150. The number of aromatic nitrogens is 3. The summed E-state index contributed by atoms with van der Waals surface area (Å²) in [5, 5.41) is 6.92. The van der Waals surface area contributed by atoms with E-state index >= 15 is 0 Å². The van der Waals surface area contributed by atoms with Crippen LogP contribution in [0.15, 0.2) is 30.5 Å². The lowest BCUT2D eigenvalue weighted by molar-refractivity contribution is -0.137. The van der Waals surface area contributed by atoms with Crippen molar-refractivity contribution in [3.8, 4) is 11.3 Å². The molecule has 0 saturated heterocycles. The lowest BCUT2D eigenvalue weighted by Gasteiger charge is -2.13. The van der Waals surface area contributed by atoms with Gasteiger partial charge in [0.2, 0.25) is 0 Å². The highest BCUT2D eigenvalue weighted by Crippen LogP contribution is 2.39. The number of halogens is 4. The highest BCUT2D eigenvalue weighted by atomic mass is 35.5. The van der Waals surface area contributed by atoms with Crippen molar-refractivity contribution in [2.24, 2.45) is 0 Å². The minimum Gasteiger partial charge on any atom is -0.285 e. The van der Waals surface area contributed by atoms with Crippen LogP contribution in [0.4, 0.5) is 13.2 Å². The molecule has 7 heteroatoms. The van der Waals surface area contributed by atoms with E-state index in [0.717, 1.165) is 6.07 Å². The van der Waals surface area contributed by atoms with Gasteiger partial charge >= 0.3 is 6.18 Å². The van der Waals surface area contributed by atoms with Gasteiger partial charge in [-0.05, 0) is 25.1 Å². The number of aryl methyl sites for hydroxylation is 1. The molecule has 3 rings (SSSR count). The first-order chi connectivity index (χ1) is 9.88. The van der Waals surface area contributed by atoms with E-state index in [1.165, 1.54) is 12.3 Å². The maximum atomic E-state index is 13.3. The van der Waals surface area contributed by atoms with Gasteiger partial charge in [0, 0.05) is 22.2 Å². The SMILES string of the molecule is Cc1n[nH]cc1-c1nc2cccc(Cl)c2cc1C(F)(F)F. The molecule has 21 heavy (non-hydrogen) atoms. The number of hydrogen-bond acceptors (Lipinski definition) is 2. The molecule has 3 nitrogen and oxygen atoms in total. The van der Waals surface area contributed by atoms with Crippen LogP contribution in [-0.2, 0) is 6.18 Å². The molecule has 0 aliphatic heterocycles. The maximum Gasteiger partial charge on any atom is 0.418 e. The summed E-state index contributed by atoms with van der Waals surface area (Å²) in [5.74, 6) is 0. The first-order valence-corrected chi connectivity index (χ1v) is 6.43. The summed E-state index contributed by atoms with van der Waals surface area (Å²) in [4.78, 5) is 4.14. The van der Waals surface area contributed by atoms with Crippen molar-refractivity contribution in [3.05, 3.63) is 46.7 Å². The molecule has 108 valence electrons. The zero-order valence-corrected chi connectivity index (χ0v) is 11.5. The van der Waals surface area contributed by atoms with E-state index in [2.05, 4.69) is 15.2 Å².